The number of nitrogens with zero attached hydrogens (tertiary/aromatic N) is 1. The molecular weight excluding hydrogens is 432 g/mol. The molecule has 162 valence electrons. The third-order valence-corrected chi connectivity index (χ3v) is 6.46. The number of ether oxygens (including phenoxy) is 2. The molecule has 8 nitrogen and oxygen atoms in total. The van der Waals surface area contributed by atoms with Gasteiger partial charge >= 0.3 is 5.97 Å². The van der Waals surface area contributed by atoms with Crippen LogP contribution in [0.3, 0.4) is 0 Å². The van der Waals surface area contributed by atoms with Crippen molar-refractivity contribution < 1.29 is 27.5 Å². The number of amides is 1. The molecule has 0 radical (unpaired) electrons. The van der Waals surface area contributed by atoms with Crippen molar-refractivity contribution in [2.45, 2.75) is 18.2 Å². The van der Waals surface area contributed by atoms with E-state index in [-0.39, 0.29) is 22.0 Å². The van der Waals surface area contributed by atoms with Gasteiger partial charge in [-0.1, -0.05) is 23.7 Å². The van der Waals surface area contributed by atoms with Gasteiger partial charge < -0.3 is 14.8 Å². The summed E-state index contributed by atoms with van der Waals surface area (Å²) in [6, 6.07) is 9.40. The number of carbonyl (C=O) groups is 2. The Morgan fingerprint density at radius 2 is 1.83 bits per heavy atom. The monoisotopic (exact) mass is 454 g/mol. The van der Waals surface area contributed by atoms with E-state index in [0.717, 1.165) is 9.87 Å². The summed E-state index contributed by atoms with van der Waals surface area (Å²) in [6.07, 6.45) is -0.0178. The third kappa shape index (κ3) is 5.94. The standard InChI is InChI=1S/C20H23ClN2O6S/c1-13-5-6-14(9-17(13)28-4)10-20(25)29-12-19(24)22-15-7-8-16(21)18(11-15)30(26,27)23(2)3/h5-9,11H,10,12H2,1-4H3,(H,22,24). The van der Waals surface area contributed by atoms with Crippen molar-refractivity contribution in [2.75, 3.05) is 33.1 Å². The van der Waals surface area contributed by atoms with Crippen LogP contribution in [0.4, 0.5) is 5.69 Å². The summed E-state index contributed by atoms with van der Waals surface area (Å²) < 4.78 is 35.8. The summed E-state index contributed by atoms with van der Waals surface area (Å²) in [5, 5.41) is 2.52. The summed E-state index contributed by atoms with van der Waals surface area (Å²) in [4.78, 5) is 24.0. The number of benzene rings is 2. The van der Waals surface area contributed by atoms with Crippen LogP contribution in [0, 0.1) is 6.92 Å². The van der Waals surface area contributed by atoms with Gasteiger partial charge in [-0.2, -0.15) is 0 Å². The summed E-state index contributed by atoms with van der Waals surface area (Å²) >= 11 is 5.98. The van der Waals surface area contributed by atoms with Crippen molar-refractivity contribution in [3.8, 4) is 5.75 Å². The number of hydrogen-bond acceptors (Lipinski definition) is 6. The lowest BCUT2D eigenvalue weighted by molar-refractivity contribution is -0.146. The first-order chi connectivity index (χ1) is 14.0. The number of rotatable bonds is 8. The first-order valence-corrected chi connectivity index (χ1v) is 10.7. The molecule has 1 N–H and O–H groups in total. The van der Waals surface area contributed by atoms with E-state index in [0.29, 0.717) is 11.3 Å². The zero-order chi connectivity index (χ0) is 22.5. The Morgan fingerprint density at radius 3 is 2.47 bits per heavy atom. The Kier molecular flexibility index (Phi) is 7.83. The number of methoxy groups -OCH3 is 1. The highest BCUT2D eigenvalue weighted by atomic mass is 35.5. The number of nitrogens with one attached hydrogen (secondary N) is 1. The van der Waals surface area contributed by atoms with E-state index in [1.54, 1.807) is 19.2 Å². The molecule has 0 aliphatic carbocycles. The lowest BCUT2D eigenvalue weighted by atomic mass is 10.1. The summed E-state index contributed by atoms with van der Waals surface area (Å²) in [5.74, 6) is -0.535. The van der Waals surface area contributed by atoms with Crippen LogP contribution in [0.25, 0.3) is 0 Å². The molecular formula is C20H23ClN2O6S. The van der Waals surface area contributed by atoms with E-state index >= 15 is 0 Å². The van der Waals surface area contributed by atoms with E-state index in [2.05, 4.69) is 5.32 Å². The number of halogens is 1. The minimum atomic E-state index is -3.78. The predicted octanol–water partition coefficient (Wildman–Crippen LogP) is 2.63. The van der Waals surface area contributed by atoms with Gasteiger partial charge in [0.1, 0.15) is 10.6 Å². The number of anilines is 1. The van der Waals surface area contributed by atoms with Gasteiger partial charge in [0.2, 0.25) is 10.0 Å². The second-order valence-corrected chi connectivity index (χ2v) is 9.15. The first-order valence-electron chi connectivity index (χ1n) is 8.85. The van der Waals surface area contributed by atoms with Crippen LogP contribution in [0.2, 0.25) is 5.02 Å². The van der Waals surface area contributed by atoms with E-state index in [9.17, 15) is 18.0 Å². The minimum absolute atomic E-state index is 0.0178. The highest BCUT2D eigenvalue weighted by molar-refractivity contribution is 7.89. The Morgan fingerprint density at radius 1 is 1.13 bits per heavy atom. The first kappa shape index (κ1) is 23.7. The Hall–Kier alpha value is -2.62. The van der Waals surface area contributed by atoms with Crippen LogP contribution in [-0.2, 0) is 30.8 Å². The van der Waals surface area contributed by atoms with Gasteiger partial charge in [0, 0.05) is 19.8 Å². The second-order valence-electron chi connectivity index (χ2n) is 6.62. The SMILES string of the molecule is COc1cc(CC(=O)OCC(=O)Nc2ccc(Cl)c(S(=O)(=O)N(C)C)c2)ccc1C. The smallest absolute Gasteiger partial charge is 0.310 e. The Bertz CT molecular complexity index is 1050. The molecule has 30 heavy (non-hydrogen) atoms. The molecule has 2 aromatic rings. The van der Waals surface area contributed by atoms with Crippen LogP contribution < -0.4 is 10.1 Å². The number of esters is 1. The molecule has 0 unspecified atom stereocenters. The zero-order valence-electron chi connectivity index (χ0n) is 17.1. The number of carbonyl (C=O) groups excluding carboxylic acids is 2. The minimum Gasteiger partial charge on any atom is -0.496 e. The third-order valence-electron chi connectivity index (χ3n) is 4.16. The maximum Gasteiger partial charge on any atom is 0.310 e. The predicted molar refractivity (Wildman–Crippen MR) is 113 cm³/mol. The van der Waals surface area contributed by atoms with Gasteiger partial charge in [0.25, 0.3) is 5.91 Å². The van der Waals surface area contributed by atoms with Gasteiger partial charge in [-0.3, -0.25) is 9.59 Å². The molecule has 1 amide bonds. The van der Waals surface area contributed by atoms with Crippen LogP contribution in [0.5, 0.6) is 5.75 Å². The quantitative estimate of drug-likeness (QED) is 0.615. The molecule has 10 heteroatoms. The number of sulfonamides is 1. The van der Waals surface area contributed by atoms with Crippen LogP contribution >= 0.6 is 11.6 Å². The molecule has 2 aromatic carbocycles. The van der Waals surface area contributed by atoms with Crippen molar-refractivity contribution in [3.63, 3.8) is 0 Å². The van der Waals surface area contributed by atoms with Crippen LogP contribution in [0.1, 0.15) is 11.1 Å². The zero-order valence-corrected chi connectivity index (χ0v) is 18.6. The second kappa shape index (κ2) is 9.92. The van der Waals surface area contributed by atoms with Crippen molar-refractivity contribution in [1.82, 2.24) is 4.31 Å². The maximum atomic E-state index is 12.3. The van der Waals surface area contributed by atoms with Crippen molar-refractivity contribution in [1.29, 1.82) is 0 Å². The normalized spacial score (nSPS) is 11.3. The van der Waals surface area contributed by atoms with Crippen molar-refractivity contribution in [3.05, 3.63) is 52.5 Å². The van der Waals surface area contributed by atoms with E-state index in [1.165, 1.54) is 32.3 Å². The molecule has 2 rings (SSSR count). The van der Waals surface area contributed by atoms with Gasteiger partial charge in [0.05, 0.1) is 18.6 Å². The van der Waals surface area contributed by atoms with Crippen LogP contribution in [0.15, 0.2) is 41.3 Å². The molecule has 0 saturated carbocycles. The molecule has 0 heterocycles. The highest BCUT2D eigenvalue weighted by Gasteiger charge is 2.21. The molecule has 0 bridgehead atoms. The molecule has 0 spiro atoms. The molecule has 0 aromatic heterocycles. The summed E-state index contributed by atoms with van der Waals surface area (Å²) in [6.45, 7) is 1.37. The Balaban J connectivity index is 1.97. The van der Waals surface area contributed by atoms with E-state index < -0.39 is 28.5 Å². The van der Waals surface area contributed by atoms with Crippen molar-refractivity contribution in [2.24, 2.45) is 0 Å². The Labute approximate surface area is 180 Å². The molecule has 0 saturated heterocycles. The van der Waals surface area contributed by atoms with Crippen LogP contribution in [-0.4, -0.2) is 52.4 Å². The maximum absolute atomic E-state index is 12.3. The molecule has 0 fully saturated rings. The summed E-state index contributed by atoms with van der Waals surface area (Å²) in [5.41, 5.74) is 1.84. The number of aryl methyl sites for hydroxylation is 1. The van der Waals surface area contributed by atoms with Crippen molar-refractivity contribution >= 4 is 39.2 Å². The fourth-order valence-electron chi connectivity index (χ4n) is 2.51. The fourth-order valence-corrected chi connectivity index (χ4v) is 3.90. The van der Waals surface area contributed by atoms with Gasteiger partial charge in [-0.15, -0.1) is 0 Å². The van der Waals surface area contributed by atoms with E-state index in [1.807, 2.05) is 13.0 Å². The van der Waals surface area contributed by atoms with Gasteiger partial charge in [-0.25, -0.2) is 12.7 Å². The lowest BCUT2D eigenvalue weighted by Crippen LogP contribution is -2.24. The summed E-state index contributed by atoms with van der Waals surface area (Å²) in [7, 11) is 0.512. The highest BCUT2D eigenvalue weighted by Crippen LogP contribution is 2.26. The lowest BCUT2D eigenvalue weighted by Gasteiger charge is -2.14. The molecule has 0 atom stereocenters. The van der Waals surface area contributed by atoms with Gasteiger partial charge in [0.15, 0.2) is 6.61 Å². The van der Waals surface area contributed by atoms with Gasteiger partial charge in [-0.05, 0) is 42.3 Å². The largest absolute Gasteiger partial charge is 0.496 e. The average Bonchev–Trinajstić information content (AvgIpc) is 2.69. The topological polar surface area (TPSA) is 102 Å². The van der Waals surface area contributed by atoms with E-state index in [4.69, 9.17) is 21.1 Å². The average molecular weight is 455 g/mol. The fraction of sp³-hybridized carbons (Fsp3) is 0.300. The number of hydrogen-bond donors (Lipinski definition) is 1. The molecule has 0 aliphatic heterocycles. The molecule has 0 aliphatic rings.